The molecule has 3 heterocycles. The molecule has 1 aliphatic heterocycles. The Kier molecular flexibility index (Phi) is 4.79. The number of carbonyl (C=O) groups is 2. The Morgan fingerprint density at radius 1 is 1.25 bits per heavy atom. The first-order valence-electron chi connectivity index (χ1n) is 7.73. The van der Waals surface area contributed by atoms with Gasteiger partial charge in [-0.25, -0.2) is 9.48 Å². The molecule has 3 rings (SSSR count). The lowest BCUT2D eigenvalue weighted by atomic mass is 10.3. The maximum atomic E-state index is 12.4. The maximum Gasteiger partial charge on any atom is 0.409 e. The topological polar surface area (TPSA) is 84.7 Å². The van der Waals surface area contributed by atoms with Crippen molar-refractivity contribution in [2.75, 3.05) is 32.8 Å². The number of amides is 2. The molecule has 0 radical (unpaired) electrons. The summed E-state index contributed by atoms with van der Waals surface area (Å²) in [6.07, 6.45) is 1.24. The highest BCUT2D eigenvalue weighted by Gasteiger charge is 2.25. The average Bonchev–Trinajstić information content (AvgIpc) is 3.07. The second-order valence-electron chi connectivity index (χ2n) is 5.38. The van der Waals surface area contributed by atoms with E-state index in [1.54, 1.807) is 22.9 Å². The second-order valence-corrected chi connectivity index (χ2v) is 6.30. The van der Waals surface area contributed by atoms with Crippen LogP contribution in [0.3, 0.4) is 0 Å². The van der Waals surface area contributed by atoms with Crippen LogP contribution in [0.1, 0.15) is 6.92 Å². The summed E-state index contributed by atoms with van der Waals surface area (Å²) in [7, 11) is 0. The molecule has 1 fully saturated rings. The van der Waals surface area contributed by atoms with Crippen LogP contribution >= 0.6 is 11.3 Å². The van der Waals surface area contributed by atoms with Gasteiger partial charge in [-0.2, -0.15) is 5.10 Å². The van der Waals surface area contributed by atoms with E-state index in [-0.39, 0.29) is 24.1 Å². The Morgan fingerprint density at radius 2 is 1.96 bits per heavy atom. The van der Waals surface area contributed by atoms with E-state index in [1.165, 1.54) is 16.0 Å². The number of hydrogen-bond acceptors (Lipinski definition) is 6. The van der Waals surface area contributed by atoms with Crippen LogP contribution in [-0.2, 0) is 16.1 Å². The number of carbonyl (C=O) groups excluding carboxylic acids is 2. The van der Waals surface area contributed by atoms with Gasteiger partial charge in [0.05, 0.1) is 12.8 Å². The van der Waals surface area contributed by atoms with E-state index in [0.717, 1.165) is 5.39 Å². The summed E-state index contributed by atoms with van der Waals surface area (Å²) < 4.78 is 6.75. The van der Waals surface area contributed by atoms with E-state index in [9.17, 15) is 14.4 Å². The number of fused-ring (bicyclic) bond motifs is 1. The lowest BCUT2D eigenvalue weighted by molar-refractivity contribution is -0.133. The van der Waals surface area contributed by atoms with Gasteiger partial charge in [0.2, 0.25) is 5.91 Å². The fourth-order valence-corrected chi connectivity index (χ4v) is 3.40. The molecule has 0 atom stereocenters. The summed E-state index contributed by atoms with van der Waals surface area (Å²) in [5, 5.41) is 6.68. The Bertz CT molecular complexity index is 807. The lowest BCUT2D eigenvalue weighted by Crippen LogP contribution is -2.51. The van der Waals surface area contributed by atoms with Crippen LogP contribution < -0.4 is 5.56 Å². The molecule has 1 aliphatic rings. The zero-order valence-corrected chi connectivity index (χ0v) is 14.1. The Balaban J connectivity index is 1.62. The standard InChI is InChI=1S/C15H18N4O4S/c1-2-23-15(22)18-6-4-17(5-7-18)12(20)10-19-14(21)13-11(9-16-19)3-8-24-13/h3,8-9H,2,4-7,10H2,1H3. The van der Waals surface area contributed by atoms with Gasteiger partial charge >= 0.3 is 6.09 Å². The van der Waals surface area contributed by atoms with Gasteiger partial charge in [0, 0.05) is 31.6 Å². The fraction of sp³-hybridized carbons (Fsp3) is 0.467. The summed E-state index contributed by atoms with van der Waals surface area (Å²) in [5.41, 5.74) is -0.249. The molecule has 1 saturated heterocycles. The minimum absolute atomic E-state index is 0.0912. The van der Waals surface area contributed by atoms with Gasteiger partial charge in [-0.05, 0) is 18.4 Å². The number of nitrogens with zero attached hydrogens (tertiary/aromatic N) is 4. The predicted molar refractivity (Wildman–Crippen MR) is 89.1 cm³/mol. The van der Waals surface area contributed by atoms with Crippen molar-refractivity contribution in [2.24, 2.45) is 0 Å². The third kappa shape index (κ3) is 3.25. The Hall–Kier alpha value is -2.42. The normalized spacial score (nSPS) is 14.9. The number of thiophene rings is 1. The monoisotopic (exact) mass is 350 g/mol. The second kappa shape index (κ2) is 7.00. The zero-order chi connectivity index (χ0) is 17.1. The van der Waals surface area contributed by atoms with Crippen LogP contribution in [0, 0.1) is 0 Å². The average molecular weight is 350 g/mol. The minimum Gasteiger partial charge on any atom is -0.450 e. The highest BCUT2D eigenvalue weighted by Crippen LogP contribution is 2.14. The third-order valence-corrected chi connectivity index (χ3v) is 4.82. The Labute approximate surface area is 142 Å². The highest BCUT2D eigenvalue weighted by molar-refractivity contribution is 7.17. The maximum absolute atomic E-state index is 12.4. The van der Waals surface area contributed by atoms with Gasteiger partial charge in [0.25, 0.3) is 5.56 Å². The molecule has 2 aromatic rings. The largest absolute Gasteiger partial charge is 0.450 e. The molecule has 24 heavy (non-hydrogen) atoms. The Morgan fingerprint density at radius 3 is 2.67 bits per heavy atom. The van der Waals surface area contributed by atoms with Gasteiger partial charge in [-0.15, -0.1) is 11.3 Å². The van der Waals surface area contributed by atoms with Crippen LogP contribution in [0.15, 0.2) is 22.4 Å². The first kappa shape index (κ1) is 16.4. The first-order chi connectivity index (χ1) is 11.6. The molecule has 2 amide bonds. The lowest BCUT2D eigenvalue weighted by Gasteiger charge is -2.34. The molecule has 128 valence electrons. The van der Waals surface area contributed by atoms with Gasteiger partial charge in [-0.1, -0.05) is 0 Å². The van der Waals surface area contributed by atoms with Crippen molar-refractivity contribution in [3.05, 3.63) is 28.0 Å². The van der Waals surface area contributed by atoms with Crippen LogP contribution in [0.5, 0.6) is 0 Å². The number of aromatic nitrogens is 2. The molecular weight excluding hydrogens is 332 g/mol. The van der Waals surface area contributed by atoms with Crippen molar-refractivity contribution < 1.29 is 14.3 Å². The van der Waals surface area contributed by atoms with Crippen LogP contribution in [0.2, 0.25) is 0 Å². The van der Waals surface area contributed by atoms with Crippen LogP contribution in [0.25, 0.3) is 10.1 Å². The van der Waals surface area contributed by atoms with Crippen molar-refractivity contribution in [3.63, 3.8) is 0 Å². The molecule has 0 unspecified atom stereocenters. The number of hydrogen-bond donors (Lipinski definition) is 0. The van der Waals surface area contributed by atoms with Crippen molar-refractivity contribution in [1.29, 1.82) is 0 Å². The molecule has 0 aliphatic carbocycles. The molecule has 2 aromatic heterocycles. The van der Waals surface area contributed by atoms with E-state index >= 15 is 0 Å². The van der Waals surface area contributed by atoms with Gasteiger partial charge < -0.3 is 14.5 Å². The van der Waals surface area contributed by atoms with Crippen molar-refractivity contribution in [2.45, 2.75) is 13.5 Å². The summed E-state index contributed by atoms with van der Waals surface area (Å²) in [6, 6.07) is 1.83. The summed E-state index contributed by atoms with van der Waals surface area (Å²) in [5.74, 6) is -0.177. The van der Waals surface area contributed by atoms with E-state index in [2.05, 4.69) is 5.10 Å². The molecule has 0 saturated carbocycles. The van der Waals surface area contributed by atoms with Crippen LogP contribution in [0.4, 0.5) is 4.79 Å². The van der Waals surface area contributed by atoms with Crippen molar-refractivity contribution >= 4 is 33.4 Å². The molecule has 8 nitrogen and oxygen atoms in total. The van der Waals surface area contributed by atoms with Crippen LogP contribution in [-0.4, -0.2) is 64.4 Å². The molecule has 0 N–H and O–H groups in total. The summed E-state index contributed by atoms with van der Waals surface area (Å²) in [6.45, 7) is 3.70. The SMILES string of the molecule is CCOC(=O)N1CCN(C(=O)Cn2ncc3ccsc3c2=O)CC1. The highest BCUT2D eigenvalue weighted by atomic mass is 32.1. The first-order valence-corrected chi connectivity index (χ1v) is 8.61. The summed E-state index contributed by atoms with van der Waals surface area (Å²) in [4.78, 5) is 39.6. The minimum atomic E-state index is -0.356. The third-order valence-electron chi connectivity index (χ3n) is 3.90. The molecular formula is C15H18N4O4S. The molecule has 0 spiro atoms. The van der Waals surface area contributed by atoms with Gasteiger partial charge in [-0.3, -0.25) is 9.59 Å². The van der Waals surface area contributed by atoms with Crippen molar-refractivity contribution in [3.8, 4) is 0 Å². The predicted octanol–water partition coefficient (Wildman–Crippen LogP) is 0.759. The molecule has 0 bridgehead atoms. The van der Waals surface area contributed by atoms with Gasteiger partial charge in [0.15, 0.2) is 0 Å². The van der Waals surface area contributed by atoms with E-state index in [0.29, 0.717) is 37.5 Å². The molecule has 0 aromatic carbocycles. The van der Waals surface area contributed by atoms with E-state index in [4.69, 9.17) is 4.74 Å². The number of rotatable bonds is 3. The summed E-state index contributed by atoms with van der Waals surface area (Å²) >= 11 is 1.34. The quantitative estimate of drug-likeness (QED) is 0.816. The van der Waals surface area contributed by atoms with Crippen molar-refractivity contribution in [1.82, 2.24) is 19.6 Å². The van der Waals surface area contributed by atoms with Gasteiger partial charge in [0.1, 0.15) is 11.2 Å². The number of piperazine rings is 1. The van der Waals surface area contributed by atoms with E-state index < -0.39 is 0 Å². The fourth-order valence-electron chi connectivity index (χ4n) is 2.59. The molecule has 9 heteroatoms. The smallest absolute Gasteiger partial charge is 0.409 e. The van der Waals surface area contributed by atoms with E-state index in [1.807, 2.05) is 11.4 Å². The zero-order valence-electron chi connectivity index (χ0n) is 13.3. The number of ether oxygens (including phenoxy) is 1.